The number of aromatic nitrogens is 2. The maximum atomic E-state index is 5.96. The predicted molar refractivity (Wildman–Crippen MR) is 88.5 cm³/mol. The number of benzene rings is 1. The van der Waals surface area contributed by atoms with E-state index in [1.807, 2.05) is 30.5 Å². The SMILES string of the molecule is CC(C)c1cncnc1N1CCO[C@@H](c2ccc(Cl)cc2)C1. The Hall–Kier alpha value is -1.65. The molecule has 0 unspecified atom stereocenters. The lowest BCUT2D eigenvalue weighted by Gasteiger charge is -2.35. The Morgan fingerprint density at radius 2 is 2.05 bits per heavy atom. The van der Waals surface area contributed by atoms with Gasteiger partial charge in [-0.2, -0.15) is 0 Å². The van der Waals surface area contributed by atoms with E-state index in [2.05, 4.69) is 28.7 Å². The van der Waals surface area contributed by atoms with Gasteiger partial charge < -0.3 is 9.64 Å². The quantitative estimate of drug-likeness (QED) is 0.862. The van der Waals surface area contributed by atoms with Crippen molar-refractivity contribution in [3.63, 3.8) is 0 Å². The molecule has 0 saturated carbocycles. The van der Waals surface area contributed by atoms with Gasteiger partial charge in [-0.1, -0.05) is 37.6 Å². The van der Waals surface area contributed by atoms with Gasteiger partial charge in [0.2, 0.25) is 0 Å². The summed E-state index contributed by atoms with van der Waals surface area (Å²) in [5.41, 5.74) is 2.33. The smallest absolute Gasteiger partial charge is 0.135 e. The number of hydrogen-bond donors (Lipinski definition) is 0. The topological polar surface area (TPSA) is 38.2 Å². The first-order valence-corrected chi connectivity index (χ1v) is 7.95. The summed E-state index contributed by atoms with van der Waals surface area (Å²) in [5, 5.41) is 0.745. The highest BCUT2D eigenvalue weighted by molar-refractivity contribution is 6.30. The van der Waals surface area contributed by atoms with Crippen LogP contribution in [0.25, 0.3) is 0 Å². The first-order chi connectivity index (χ1) is 10.6. The molecular weight excluding hydrogens is 298 g/mol. The number of rotatable bonds is 3. The summed E-state index contributed by atoms with van der Waals surface area (Å²) in [7, 11) is 0. The molecule has 0 aliphatic carbocycles. The number of hydrogen-bond acceptors (Lipinski definition) is 4. The Labute approximate surface area is 136 Å². The van der Waals surface area contributed by atoms with Crippen LogP contribution in [0, 0.1) is 0 Å². The number of morpholine rings is 1. The molecule has 1 aliphatic rings. The molecule has 1 saturated heterocycles. The highest BCUT2D eigenvalue weighted by Gasteiger charge is 2.25. The van der Waals surface area contributed by atoms with Crippen LogP contribution < -0.4 is 4.90 Å². The van der Waals surface area contributed by atoms with Gasteiger partial charge in [0.15, 0.2) is 0 Å². The standard InChI is InChI=1S/C17H20ClN3O/c1-12(2)15-9-19-11-20-17(15)21-7-8-22-16(10-21)13-3-5-14(18)6-4-13/h3-6,9,11-12,16H,7-8,10H2,1-2H3/t16-/m1/s1. The fourth-order valence-electron chi connectivity index (χ4n) is 2.73. The molecule has 1 atom stereocenters. The largest absolute Gasteiger partial charge is 0.370 e. The highest BCUT2D eigenvalue weighted by Crippen LogP contribution is 2.30. The zero-order chi connectivity index (χ0) is 15.5. The van der Waals surface area contributed by atoms with Crippen molar-refractivity contribution in [2.24, 2.45) is 0 Å². The van der Waals surface area contributed by atoms with Crippen molar-refractivity contribution >= 4 is 17.4 Å². The Balaban J connectivity index is 1.83. The van der Waals surface area contributed by atoms with Crippen LogP contribution in [0.3, 0.4) is 0 Å². The maximum absolute atomic E-state index is 5.96. The number of anilines is 1. The van der Waals surface area contributed by atoms with Gasteiger partial charge in [-0.05, 0) is 23.6 Å². The van der Waals surface area contributed by atoms with E-state index >= 15 is 0 Å². The Morgan fingerprint density at radius 3 is 2.77 bits per heavy atom. The van der Waals surface area contributed by atoms with Crippen molar-refractivity contribution in [3.05, 3.63) is 52.9 Å². The van der Waals surface area contributed by atoms with Crippen LogP contribution in [0.5, 0.6) is 0 Å². The summed E-state index contributed by atoms with van der Waals surface area (Å²) in [6, 6.07) is 7.87. The third-order valence-electron chi connectivity index (χ3n) is 3.95. The van der Waals surface area contributed by atoms with E-state index in [9.17, 15) is 0 Å². The fourth-order valence-corrected chi connectivity index (χ4v) is 2.85. The van der Waals surface area contributed by atoms with E-state index in [4.69, 9.17) is 16.3 Å². The molecule has 1 fully saturated rings. The highest BCUT2D eigenvalue weighted by atomic mass is 35.5. The molecule has 3 rings (SSSR count). The summed E-state index contributed by atoms with van der Waals surface area (Å²) >= 11 is 5.96. The second kappa shape index (κ2) is 6.63. The van der Waals surface area contributed by atoms with Gasteiger partial charge in [-0.15, -0.1) is 0 Å². The van der Waals surface area contributed by atoms with Crippen LogP contribution in [0.4, 0.5) is 5.82 Å². The second-order valence-electron chi connectivity index (χ2n) is 5.81. The predicted octanol–water partition coefficient (Wildman–Crippen LogP) is 3.83. The van der Waals surface area contributed by atoms with Crippen molar-refractivity contribution in [2.75, 3.05) is 24.6 Å². The number of ether oxygens (including phenoxy) is 1. The van der Waals surface area contributed by atoms with Crippen LogP contribution in [0.15, 0.2) is 36.8 Å². The zero-order valence-electron chi connectivity index (χ0n) is 12.9. The van der Waals surface area contributed by atoms with Gasteiger partial charge >= 0.3 is 0 Å². The molecule has 0 spiro atoms. The summed E-state index contributed by atoms with van der Waals surface area (Å²) < 4.78 is 5.93. The normalized spacial score (nSPS) is 18.7. The van der Waals surface area contributed by atoms with Crippen molar-refractivity contribution in [1.29, 1.82) is 0 Å². The van der Waals surface area contributed by atoms with Crippen molar-refractivity contribution in [2.45, 2.75) is 25.9 Å². The monoisotopic (exact) mass is 317 g/mol. The van der Waals surface area contributed by atoms with E-state index in [1.54, 1.807) is 6.33 Å². The lowest BCUT2D eigenvalue weighted by atomic mass is 10.0. The van der Waals surface area contributed by atoms with Crippen LogP contribution >= 0.6 is 11.6 Å². The van der Waals surface area contributed by atoms with E-state index in [0.717, 1.165) is 29.5 Å². The lowest BCUT2D eigenvalue weighted by Crippen LogP contribution is -2.39. The summed E-state index contributed by atoms with van der Waals surface area (Å²) in [4.78, 5) is 11.0. The van der Waals surface area contributed by atoms with Gasteiger partial charge in [0.25, 0.3) is 0 Å². The molecule has 0 radical (unpaired) electrons. The summed E-state index contributed by atoms with van der Waals surface area (Å²) in [6.45, 7) is 6.66. The molecule has 0 amide bonds. The first kappa shape index (κ1) is 15.3. The third kappa shape index (κ3) is 3.23. The fraction of sp³-hybridized carbons (Fsp3) is 0.412. The Morgan fingerprint density at radius 1 is 1.27 bits per heavy atom. The number of halogens is 1. The molecule has 2 heterocycles. The average molecular weight is 318 g/mol. The lowest BCUT2D eigenvalue weighted by molar-refractivity contribution is 0.0394. The first-order valence-electron chi connectivity index (χ1n) is 7.57. The van der Waals surface area contributed by atoms with Crippen LogP contribution in [-0.2, 0) is 4.74 Å². The molecule has 4 nitrogen and oxygen atoms in total. The van der Waals surface area contributed by atoms with E-state index in [0.29, 0.717) is 12.5 Å². The van der Waals surface area contributed by atoms with E-state index in [-0.39, 0.29) is 6.10 Å². The van der Waals surface area contributed by atoms with Gasteiger partial charge in [0.1, 0.15) is 18.2 Å². The molecule has 1 aromatic carbocycles. The summed E-state index contributed by atoms with van der Waals surface area (Å²) in [5.74, 6) is 1.42. The van der Waals surface area contributed by atoms with Crippen molar-refractivity contribution < 1.29 is 4.74 Å². The van der Waals surface area contributed by atoms with Gasteiger partial charge in [0.05, 0.1) is 6.61 Å². The molecule has 22 heavy (non-hydrogen) atoms. The molecule has 1 aliphatic heterocycles. The molecule has 5 heteroatoms. The minimum atomic E-state index is 0.0426. The number of nitrogens with zero attached hydrogens (tertiary/aromatic N) is 3. The van der Waals surface area contributed by atoms with E-state index in [1.165, 1.54) is 5.56 Å². The Bertz CT molecular complexity index is 630. The molecule has 0 N–H and O–H groups in total. The van der Waals surface area contributed by atoms with Crippen LogP contribution in [-0.4, -0.2) is 29.7 Å². The average Bonchev–Trinajstić information content (AvgIpc) is 2.55. The molecule has 116 valence electrons. The van der Waals surface area contributed by atoms with Crippen molar-refractivity contribution in [3.8, 4) is 0 Å². The minimum absolute atomic E-state index is 0.0426. The van der Waals surface area contributed by atoms with Gasteiger partial charge in [-0.25, -0.2) is 9.97 Å². The van der Waals surface area contributed by atoms with Crippen molar-refractivity contribution in [1.82, 2.24) is 9.97 Å². The van der Waals surface area contributed by atoms with Gasteiger partial charge in [0, 0.05) is 29.9 Å². The second-order valence-corrected chi connectivity index (χ2v) is 6.25. The van der Waals surface area contributed by atoms with Crippen LogP contribution in [0.1, 0.15) is 37.0 Å². The van der Waals surface area contributed by atoms with E-state index < -0.39 is 0 Å². The van der Waals surface area contributed by atoms with Crippen LogP contribution in [0.2, 0.25) is 5.02 Å². The zero-order valence-corrected chi connectivity index (χ0v) is 13.6. The molecule has 2 aromatic rings. The van der Waals surface area contributed by atoms with Gasteiger partial charge in [-0.3, -0.25) is 0 Å². The molecule has 0 bridgehead atoms. The Kier molecular flexibility index (Phi) is 4.60. The minimum Gasteiger partial charge on any atom is -0.370 e. The summed E-state index contributed by atoms with van der Waals surface area (Å²) in [6.07, 6.45) is 3.58. The maximum Gasteiger partial charge on any atom is 0.135 e. The molecular formula is C17H20ClN3O. The molecule has 1 aromatic heterocycles. The third-order valence-corrected chi connectivity index (χ3v) is 4.20.